The molecule has 1 N–H and O–H groups in total. The summed E-state index contributed by atoms with van der Waals surface area (Å²) in [5.74, 6) is 0. The SMILES string of the molecule is Cc1sc(NC2CC2)nc1-c1ccc(Cl)cc1. The van der Waals surface area contributed by atoms with Crippen molar-refractivity contribution in [2.75, 3.05) is 5.32 Å². The van der Waals surface area contributed by atoms with Crippen molar-refractivity contribution in [2.45, 2.75) is 25.8 Å². The fourth-order valence-electron chi connectivity index (χ4n) is 1.74. The molecule has 1 aliphatic rings. The minimum Gasteiger partial charge on any atom is -0.359 e. The highest BCUT2D eigenvalue weighted by Crippen LogP contribution is 2.33. The van der Waals surface area contributed by atoms with Crippen molar-refractivity contribution in [2.24, 2.45) is 0 Å². The molecule has 3 rings (SSSR count). The summed E-state index contributed by atoms with van der Waals surface area (Å²) in [6.07, 6.45) is 2.55. The van der Waals surface area contributed by atoms with E-state index in [0.29, 0.717) is 6.04 Å². The van der Waals surface area contributed by atoms with Crippen LogP contribution in [0.15, 0.2) is 24.3 Å². The van der Waals surface area contributed by atoms with Gasteiger partial charge >= 0.3 is 0 Å². The molecule has 0 amide bonds. The topological polar surface area (TPSA) is 24.9 Å². The zero-order chi connectivity index (χ0) is 11.8. The van der Waals surface area contributed by atoms with Crippen LogP contribution < -0.4 is 5.32 Å². The Morgan fingerprint density at radius 3 is 2.65 bits per heavy atom. The maximum Gasteiger partial charge on any atom is 0.183 e. The first kappa shape index (κ1) is 11.1. The molecule has 0 atom stereocenters. The molecule has 0 radical (unpaired) electrons. The van der Waals surface area contributed by atoms with Crippen LogP contribution in [0.5, 0.6) is 0 Å². The average Bonchev–Trinajstić information content (AvgIpc) is 3.03. The molecule has 88 valence electrons. The van der Waals surface area contributed by atoms with Crippen LogP contribution in [0.4, 0.5) is 5.13 Å². The number of nitrogens with one attached hydrogen (secondary N) is 1. The predicted octanol–water partition coefficient (Wildman–Crippen LogP) is 4.35. The molecule has 0 saturated heterocycles. The fraction of sp³-hybridized carbons (Fsp3) is 0.308. The number of aryl methyl sites for hydroxylation is 1. The van der Waals surface area contributed by atoms with Crippen LogP contribution in [-0.2, 0) is 0 Å². The molecule has 0 aliphatic heterocycles. The highest BCUT2D eigenvalue weighted by atomic mass is 35.5. The third kappa shape index (κ3) is 2.45. The highest BCUT2D eigenvalue weighted by molar-refractivity contribution is 7.16. The Morgan fingerprint density at radius 1 is 1.29 bits per heavy atom. The molecule has 1 saturated carbocycles. The summed E-state index contributed by atoms with van der Waals surface area (Å²) in [5.41, 5.74) is 2.20. The number of halogens is 1. The third-order valence-electron chi connectivity index (χ3n) is 2.82. The van der Waals surface area contributed by atoms with Gasteiger partial charge in [0, 0.05) is 21.5 Å². The minimum absolute atomic E-state index is 0.651. The minimum atomic E-state index is 0.651. The van der Waals surface area contributed by atoms with Crippen molar-refractivity contribution in [1.82, 2.24) is 4.98 Å². The molecular weight excluding hydrogens is 252 g/mol. The van der Waals surface area contributed by atoms with Crippen molar-refractivity contribution in [3.05, 3.63) is 34.2 Å². The van der Waals surface area contributed by atoms with Crippen molar-refractivity contribution < 1.29 is 0 Å². The molecular formula is C13H13ClN2S. The average molecular weight is 265 g/mol. The number of benzene rings is 1. The Hall–Kier alpha value is -1.06. The van der Waals surface area contributed by atoms with E-state index < -0.39 is 0 Å². The lowest BCUT2D eigenvalue weighted by atomic mass is 10.1. The smallest absolute Gasteiger partial charge is 0.183 e. The number of thiazole rings is 1. The molecule has 1 heterocycles. The van der Waals surface area contributed by atoms with Crippen LogP contribution in [0, 0.1) is 6.92 Å². The van der Waals surface area contributed by atoms with Crippen molar-refractivity contribution in [3.63, 3.8) is 0 Å². The van der Waals surface area contributed by atoms with E-state index in [2.05, 4.69) is 17.2 Å². The van der Waals surface area contributed by atoms with Gasteiger partial charge in [0.25, 0.3) is 0 Å². The standard InChI is InChI=1S/C13H13ClN2S/c1-8-12(9-2-4-10(14)5-3-9)16-13(17-8)15-11-6-7-11/h2-5,11H,6-7H2,1H3,(H,15,16). The zero-order valence-electron chi connectivity index (χ0n) is 9.53. The van der Waals surface area contributed by atoms with E-state index in [1.54, 1.807) is 11.3 Å². The van der Waals surface area contributed by atoms with E-state index in [4.69, 9.17) is 11.6 Å². The van der Waals surface area contributed by atoms with Crippen LogP contribution in [0.2, 0.25) is 5.02 Å². The Balaban J connectivity index is 1.90. The van der Waals surface area contributed by atoms with Crippen LogP contribution in [0.1, 0.15) is 17.7 Å². The lowest BCUT2D eigenvalue weighted by molar-refractivity contribution is 1.14. The first-order chi connectivity index (χ1) is 8.22. The summed E-state index contributed by atoms with van der Waals surface area (Å²) in [7, 11) is 0. The van der Waals surface area contributed by atoms with Crippen molar-refractivity contribution in [3.8, 4) is 11.3 Å². The number of rotatable bonds is 3. The highest BCUT2D eigenvalue weighted by Gasteiger charge is 2.22. The number of aromatic nitrogens is 1. The predicted molar refractivity (Wildman–Crippen MR) is 73.9 cm³/mol. The third-order valence-corrected chi connectivity index (χ3v) is 3.97. The molecule has 4 heteroatoms. The van der Waals surface area contributed by atoms with Gasteiger partial charge in [-0.25, -0.2) is 4.98 Å². The van der Waals surface area contributed by atoms with E-state index in [9.17, 15) is 0 Å². The second kappa shape index (κ2) is 4.31. The van der Waals surface area contributed by atoms with Gasteiger partial charge in [0.05, 0.1) is 5.69 Å². The van der Waals surface area contributed by atoms with Crippen LogP contribution in [-0.4, -0.2) is 11.0 Å². The molecule has 2 aromatic rings. The number of nitrogens with zero attached hydrogens (tertiary/aromatic N) is 1. The molecule has 0 spiro atoms. The Labute approximate surface area is 110 Å². The summed E-state index contributed by atoms with van der Waals surface area (Å²) in [6, 6.07) is 8.50. The van der Waals surface area contributed by atoms with Crippen LogP contribution in [0.3, 0.4) is 0 Å². The number of hydrogen-bond donors (Lipinski definition) is 1. The molecule has 17 heavy (non-hydrogen) atoms. The van der Waals surface area contributed by atoms with Crippen molar-refractivity contribution in [1.29, 1.82) is 0 Å². The molecule has 1 aromatic carbocycles. The molecule has 2 nitrogen and oxygen atoms in total. The fourth-order valence-corrected chi connectivity index (χ4v) is 2.77. The Kier molecular flexibility index (Phi) is 2.81. The van der Waals surface area contributed by atoms with Gasteiger partial charge in [-0.05, 0) is 31.9 Å². The lowest BCUT2D eigenvalue weighted by Crippen LogP contribution is -1.99. The first-order valence-corrected chi connectivity index (χ1v) is 6.92. The molecule has 1 aromatic heterocycles. The molecule has 1 fully saturated rings. The number of hydrogen-bond acceptors (Lipinski definition) is 3. The Morgan fingerprint density at radius 2 is 2.00 bits per heavy atom. The molecule has 0 bridgehead atoms. The normalized spacial score (nSPS) is 14.9. The van der Waals surface area contributed by atoms with Gasteiger partial charge in [0.1, 0.15) is 0 Å². The lowest BCUT2D eigenvalue weighted by Gasteiger charge is -1.99. The molecule has 0 unspecified atom stereocenters. The summed E-state index contributed by atoms with van der Waals surface area (Å²) in [6.45, 7) is 2.11. The summed E-state index contributed by atoms with van der Waals surface area (Å²) in [5, 5.41) is 5.24. The quantitative estimate of drug-likeness (QED) is 0.892. The van der Waals surface area contributed by atoms with Crippen molar-refractivity contribution >= 4 is 28.1 Å². The monoisotopic (exact) mass is 264 g/mol. The maximum atomic E-state index is 5.89. The first-order valence-electron chi connectivity index (χ1n) is 5.72. The van der Waals surface area contributed by atoms with Gasteiger partial charge in [-0.15, -0.1) is 11.3 Å². The Bertz CT molecular complexity index is 529. The van der Waals surface area contributed by atoms with E-state index >= 15 is 0 Å². The van der Waals surface area contributed by atoms with Crippen LogP contribution in [0.25, 0.3) is 11.3 Å². The summed E-state index contributed by atoms with van der Waals surface area (Å²) in [4.78, 5) is 5.90. The second-order valence-electron chi connectivity index (χ2n) is 4.35. The van der Waals surface area contributed by atoms with Gasteiger partial charge < -0.3 is 5.32 Å². The van der Waals surface area contributed by atoms with Gasteiger partial charge in [-0.1, -0.05) is 23.7 Å². The van der Waals surface area contributed by atoms with Gasteiger partial charge in [-0.3, -0.25) is 0 Å². The largest absolute Gasteiger partial charge is 0.359 e. The van der Waals surface area contributed by atoms with E-state index in [1.165, 1.54) is 17.7 Å². The van der Waals surface area contributed by atoms with E-state index in [1.807, 2.05) is 24.3 Å². The summed E-state index contributed by atoms with van der Waals surface area (Å²) < 4.78 is 0. The van der Waals surface area contributed by atoms with E-state index in [-0.39, 0.29) is 0 Å². The number of anilines is 1. The van der Waals surface area contributed by atoms with Crippen LogP contribution >= 0.6 is 22.9 Å². The summed E-state index contributed by atoms with van der Waals surface area (Å²) >= 11 is 7.62. The van der Waals surface area contributed by atoms with Gasteiger partial charge in [-0.2, -0.15) is 0 Å². The van der Waals surface area contributed by atoms with Gasteiger partial charge in [0.2, 0.25) is 0 Å². The maximum absolute atomic E-state index is 5.89. The second-order valence-corrected chi connectivity index (χ2v) is 5.99. The van der Waals surface area contributed by atoms with Gasteiger partial charge in [0.15, 0.2) is 5.13 Å². The molecule has 1 aliphatic carbocycles. The zero-order valence-corrected chi connectivity index (χ0v) is 11.1. The van der Waals surface area contributed by atoms with E-state index in [0.717, 1.165) is 21.4 Å².